The van der Waals surface area contributed by atoms with E-state index in [1.165, 1.54) is 5.56 Å². The third-order valence-electron chi connectivity index (χ3n) is 1.31. The van der Waals surface area contributed by atoms with E-state index in [1.54, 1.807) is 6.20 Å². The second-order valence-corrected chi connectivity index (χ2v) is 2.37. The molecule has 1 aromatic heterocycles. The first kappa shape index (κ1) is 10.3. The van der Waals surface area contributed by atoms with E-state index < -0.39 is 0 Å². The Morgan fingerprint density at radius 1 is 1.50 bits per heavy atom. The Morgan fingerprint density at radius 3 is 2.50 bits per heavy atom. The van der Waals surface area contributed by atoms with Crippen LogP contribution in [0.5, 0.6) is 0 Å². The number of hydrogen-bond acceptors (Lipinski definition) is 1. The van der Waals surface area contributed by atoms with Crippen LogP contribution in [0.15, 0.2) is 18.3 Å². The molecule has 0 atom stereocenters. The van der Waals surface area contributed by atoms with Crippen LogP contribution in [0.2, 0.25) is 0 Å². The Bertz CT molecular complexity index is 172. The fourth-order valence-corrected chi connectivity index (χ4v) is 0.685. The SMILES string of the molecule is CC(C)c1c[c-]ncc1.[Y]. The van der Waals surface area contributed by atoms with Gasteiger partial charge in [-0.3, -0.25) is 0 Å². The van der Waals surface area contributed by atoms with Gasteiger partial charge in [0.25, 0.3) is 0 Å². The van der Waals surface area contributed by atoms with Crippen LogP contribution in [0.25, 0.3) is 0 Å². The van der Waals surface area contributed by atoms with Crippen LogP contribution in [0, 0.1) is 6.20 Å². The van der Waals surface area contributed by atoms with Crippen molar-refractivity contribution >= 4 is 0 Å². The van der Waals surface area contributed by atoms with Crippen molar-refractivity contribution in [1.82, 2.24) is 4.98 Å². The largest absolute Gasteiger partial charge is 0.394 e. The van der Waals surface area contributed by atoms with E-state index in [-0.39, 0.29) is 32.7 Å². The van der Waals surface area contributed by atoms with Crippen molar-refractivity contribution in [1.29, 1.82) is 0 Å². The molecule has 0 aliphatic rings. The van der Waals surface area contributed by atoms with Crippen LogP contribution in [0.4, 0.5) is 0 Å². The van der Waals surface area contributed by atoms with Gasteiger partial charge in [-0.2, -0.15) is 17.7 Å². The summed E-state index contributed by atoms with van der Waals surface area (Å²) in [4.78, 5) is 3.80. The number of hydrogen-bond donors (Lipinski definition) is 0. The fourth-order valence-electron chi connectivity index (χ4n) is 0.685. The zero-order valence-corrected chi connectivity index (χ0v) is 9.17. The fraction of sp³-hybridized carbons (Fsp3) is 0.375. The molecule has 10 heavy (non-hydrogen) atoms. The molecule has 0 spiro atoms. The van der Waals surface area contributed by atoms with E-state index in [0.717, 1.165) is 0 Å². The van der Waals surface area contributed by atoms with Crippen LogP contribution in [0.1, 0.15) is 25.3 Å². The Labute approximate surface area is 87.1 Å². The van der Waals surface area contributed by atoms with Crippen LogP contribution >= 0.6 is 0 Å². The van der Waals surface area contributed by atoms with Crippen LogP contribution < -0.4 is 0 Å². The van der Waals surface area contributed by atoms with Crippen molar-refractivity contribution in [3.05, 3.63) is 30.1 Å². The van der Waals surface area contributed by atoms with E-state index >= 15 is 0 Å². The molecule has 0 aliphatic carbocycles. The average Bonchev–Trinajstić information content (AvgIpc) is 1.90. The van der Waals surface area contributed by atoms with Crippen molar-refractivity contribution in [2.24, 2.45) is 0 Å². The van der Waals surface area contributed by atoms with Gasteiger partial charge in [0, 0.05) is 32.7 Å². The number of rotatable bonds is 1. The maximum atomic E-state index is 3.80. The molecule has 51 valence electrons. The predicted octanol–water partition coefficient (Wildman–Crippen LogP) is 2.00. The van der Waals surface area contributed by atoms with E-state index in [2.05, 4.69) is 25.0 Å². The molecule has 1 rings (SSSR count). The van der Waals surface area contributed by atoms with Gasteiger partial charge in [-0.15, -0.1) is 0 Å². The smallest absolute Gasteiger partial charge is 0 e. The van der Waals surface area contributed by atoms with Crippen LogP contribution in [-0.4, -0.2) is 4.98 Å². The summed E-state index contributed by atoms with van der Waals surface area (Å²) in [6, 6.07) is 3.94. The summed E-state index contributed by atoms with van der Waals surface area (Å²) in [5, 5.41) is 0. The maximum Gasteiger partial charge on any atom is 0 e. The van der Waals surface area contributed by atoms with E-state index in [9.17, 15) is 0 Å². The first-order valence-corrected chi connectivity index (χ1v) is 3.12. The van der Waals surface area contributed by atoms with Crippen molar-refractivity contribution in [3.8, 4) is 0 Å². The number of nitrogens with zero attached hydrogens (tertiary/aromatic N) is 1. The van der Waals surface area contributed by atoms with Crippen LogP contribution in [0.3, 0.4) is 0 Å². The van der Waals surface area contributed by atoms with Gasteiger partial charge in [-0.05, 0) is 0 Å². The molecule has 0 amide bonds. The van der Waals surface area contributed by atoms with Crippen molar-refractivity contribution < 1.29 is 32.7 Å². The Hall–Kier alpha value is 0.254. The summed E-state index contributed by atoms with van der Waals surface area (Å²) in [6.07, 6.45) is 4.57. The van der Waals surface area contributed by atoms with Gasteiger partial charge < -0.3 is 4.98 Å². The molecule has 1 heterocycles. The molecule has 0 bridgehead atoms. The van der Waals surface area contributed by atoms with Crippen molar-refractivity contribution in [3.63, 3.8) is 0 Å². The molecule has 0 N–H and O–H groups in total. The minimum atomic E-state index is 0. The summed E-state index contributed by atoms with van der Waals surface area (Å²) in [6.45, 7) is 4.31. The van der Waals surface area contributed by atoms with E-state index in [4.69, 9.17) is 0 Å². The Kier molecular flexibility index (Phi) is 5.10. The second-order valence-electron chi connectivity index (χ2n) is 2.37. The maximum absolute atomic E-state index is 3.80. The summed E-state index contributed by atoms with van der Waals surface area (Å²) >= 11 is 0. The molecule has 1 radical (unpaired) electrons. The third kappa shape index (κ3) is 2.89. The topological polar surface area (TPSA) is 12.9 Å². The first-order valence-electron chi connectivity index (χ1n) is 3.12. The Morgan fingerprint density at radius 2 is 2.20 bits per heavy atom. The predicted molar refractivity (Wildman–Crippen MR) is 37.2 cm³/mol. The van der Waals surface area contributed by atoms with Gasteiger partial charge in [0.05, 0.1) is 0 Å². The molecular weight excluding hydrogens is 199 g/mol. The molecule has 0 aliphatic heterocycles. The molecule has 1 aromatic rings. The normalized spacial score (nSPS) is 9.10. The molecular formula is C8H10NY-. The average molecular weight is 209 g/mol. The first-order chi connectivity index (χ1) is 4.30. The summed E-state index contributed by atoms with van der Waals surface area (Å²) in [5.74, 6) is 0.587. The second kappa shape index (κ2) is 4.98. The van der Waals surface area contributed by atoms with E-state index in [1.807, 2.05) is 12.1 Å². The zero-order valence-electron chi connectivity index (χ0n) is 6.33. The number of pyridine rings is 1. The molecule has 2 heteroatoms. The molecule has 0 fully saturated rings. The van der Waals surface area contributed by atoms with Gasteiger partial charge in [0.15, 0.2) is 0 Å². The van der Waals surface area contributed by atoms with E-state index in [0.29, 0.717) is 5.92 Å². The summed E-state index contributed by atoms with van der Waals surface area (Å²) in [5.41, 5.74) is 1.30. The third-order valence-corrected chi connectivity index (χ3v) is 1.31. The molecule has 0 saturated carbocycles. The van der Waals surface area contributed by atoms with Gasteiger partial charge in [0.2, 0.25) is 0 Å². The van der Waals surface area contributed by atoms with Gasteiger partial charge in [-0.1, -0.05) is 32.2 Å². The Balaban J connectivity index is 0.000000810. The molecule has 1 nitrogen and oxygen atoms in total. The van der Waals surface area contributed by atoms with Gasteiger partial charge in [-0.25, -0.2) is 0 Å². The van der Waals surface area contributed by atoms with Crippen molar-refractivity contribution in [2.75, 3.05) is 0 Å². The minimum absolute atomic E-state index is 0. The van der Waals surface area contributed by atoms with Gasteiger partial charge in [0.1, 0.15) is 0 Å². The number of aromatic nitrogens is 1. The quantitative estimate of drug-likeness (QED) is 0.644. The zero-order chi connectivity index (χ0) is 6.69. The standard InChI is InChI=1S/C8H10N.Y/c1-7(2)8-3-5-9-6-4-8;/h3-5,7H,1-2H3;/q-1;. The monoisotopic (exact) mass is 209 g/mol. The molecule has 0 saturated heterocycles. The summed E-state index contributed by atoms with van der Waals surface area (Å²) in [7, 11) is 0. The minimum Gasteiger partial charge on any atom is -0.394 e. The molecule has 0 unspecified atom stereocenters. The van der Waals surface area contributed by atoms with Crippen LogP contribution in [-0.2, 0) is 32.7 Å². The van der Waals surface area contributed by atoms with Gasteiger partial charge >= 0.3 is 0 Å². The summed E-state index contributed by atoms with van der Waals surface area (Å²) < 4.78 is 0. The van der Waals surface area contributed by atoms with Crippen molar-refractivity contribution in [2.45, 2.75) is 19.8 Å². The molecule has 0 aromatic carbocycles.